The van der Waals surface area contributed by atoms with Crippen molar-refractivity contribution in [3.8, 4) is 0 Å². The molecule has 0 amide bonds. The van der Waals surface area contributed by atoms with E-state index in [4.69, 9.17) is 5.11 Å². The van der Waals surface area contributed by atoms with Gasteiger partial charge in [0.2, 0.25) is 0 Å². The van der Waals surface area contributed by atoms with Crippen molar-refractivity contribution in [2.75, 3.05) is 13.2 Å². The van der Waals surface area contributed by atoms with Crippen LogP contribution in [-0.4, -0.2) is 40.2 Å². The zero-order valence-electron chi connectivity index (χ0n) is 11.6. The summed E-state index contributed by atoms with van der Waals surface area (Å²) in [4.78, 5) is 7.26. The lowest BCUT2D eigenvalue weighted by Crippen LogP contribution is -2.36. The maximum atomic E-state index is 9.15. The minimum Gasteiger partial charge on any atom is -0.396 e. The Morgan fingerprint density at radius 1 is 1.50 bits per heavy atom. The van der Waals surface area contributed by atoms with Gasteiger partial charge in [-0.3, -0.25) is 4.90 Å². The molecule has 2 rings (SSSR count). The van der Waals surface area contributed by atoms with Gasteiger partial charge in [-0.1, -0.05) is 6.92 Å². The van der Waals surface area contributed by atoms with Crippen molar-refractivity contribution in [1.82, 2.24) is 9.88 Å². The molecular formula is C14H24N2OS. The smallest absolute Gasteiger partial charge is 0.0944 e. The second kappa shape index (κ2) is 6.13. The summed E-state index contributed by atoms with van der Waals surface area (Å²) in [6.07, 6.45) is 3.68. The van der Waals surface area contributed by atoms with Gasteiger partial charge in [-0.2, -0.15) is 0 Å². The summed E-state index contributed by atoms with van der Waals surface area (Å²) in [7, 11) is 0. The molecule has 1 aromatic rings. The number of thiazole rings is 1. The maximum absolute atomic E-state index is 9.15. The Hall–Kier alpha value is -0.450. The number of nitrogens with zero attached hydrogens (tertiary/aromatic N) is 2. The van der Waals surface area contributed by atoms with Crippen molar-refractivity contribution < 1.29 is 5.11 Å². The number of aliphatic hydroxyl groups is 1. The zero-order valence-corrected chi connectivity index (χ0v) is 12.4. The molecular weight excluding hydrogens is 244 g/mol. The number of likely N-dealkylation sites (tertiary alicyclic amines) is 1. The predicted molar refractivity (Wildman–Crippen MR) is 76.2 cm³/mol. The van der Waals surface area contributed by atoms with Crippen LogP contribution in [0.3, 0.4) is 0 Å². The Labute approximate surface area is 114 Å². The normalized spacial score (nSPS) is 22.8. The molecule has 18 heavy (non-hydrogen) atoms. The Kier molecular flexibility index (Phi) is 4.76. The van der Waals surface area contributed by atoms with Gasteiger partial charge >= 0.3 is 0 Å². The quantitative estimate of drug-likeness (QED) is 0.892. The largest absolute Gasteiger partial charge is 0.396 e. The molecule has 0 bridgehead atoms. The molecule has 102 valence electrons. The zero-order chi connectivity index (χ0) is 13.1. The molecule has 3 nitrogen and oxygen atoms in total. The molecule has 2 atom stereocenters. The predicted octanol–water partition coefficient (Wildman–Crippen LogP) is 2.65. The Morgan fingerprint density at radius 2 is 2.28 bits per heavy atom. The van der Waals surface area contributed by atoms with Crippen LogP contribution < -0.4 is 0 Å². The third kappa shape index (κ3) is 3.11. The highest BCUT2D eigenvalue weighted by atomic mass is 32.1. The van der Waals surface area contributed by atoms with Gasteiger partial charge in [-0.15, -0.1) is 11.3 Å². The van der Waals surface area contributed by atoms with Gasteiger partial charge in [0.05, 0.1) is 17.3 Å². The van der Waals surface area contributed by atoms with Gasteiger partial charge < -0.3 is 5.11 Å². The minimum atomic E-state index is 0.166. The SMILES string of the molecule is CC(CO)c1csc(CC2CCCN2C(C)C)n1. The van der Waals surface area contributed by atoms with Crippen molar-refractivity contribution in [2.45, 2.75) is 58.0 Å². The van der Waals surface area contributed by atoms with Crippen LogP contribution in [0.1, 0.15) is 50.2 Å². The third-order valence-electron chi connectivity index (χ3n) is 3.84. The van der Waals surface area contributed by atoms with Gasteiger partial charge in [-0.25, -0.2) is 4.98 Å². The van der Waals surface area contributed by atoms with Gasteiger partial charge in [0.15, 0.2) is 0 Å². The monoisotopic (exact) mass is 268 g/mol. The molecule has 1 aliphatic heterocycles. The summed E-state index contributed by atoms with van der Waals surface area (Å²) < 4.78 is 0. The van der Waals surface area contributed by atoms with Crippen LogP contribution in [0.5, 0.6) is 0 Å². The first-order chi connectivity index (χ1) is 8.61. The lowest BCUT2D eigenvalue weighted by molar-refractivity contribution is 0.202. The van der Waals surface area contributed by atoms with E-state index in [1.54, 1.807) is 11.3 Å². The molecule has 0 radical (unpaired) electrons. The molecule has 0 saturated carbocycles. The Morgan fingerprint density at radius 3 is 2.94 bits per heavy atom. The highest BCUT2D eigenvalue weighted by Crippen LogP contribution is 2.26. The van der Waals surface area contributed by atoms with E-state index in [-0.39, 0.29) is 12.5 Å². The van der Waals surface area contributed by atoms with E-state index in [0.29, 0.717) is 12.1 Å². The summed E-state index contributed by atoms with van der Waals surface area (Å²) in [6.45, 7) is 7.99. The second-order valence-corrected chi connectivity index (χ2v) is 6.52. The van der Waals surface area contributed by atoms with Crippen LogP contribution in [0, 0.1) is 0 Å². The summed E-state index contributed by atoms with van der Waals surface area (Å²) in [5.41, 5.74) is 1.05. The fraction of sp³-hybridized carbons (Fsp3) is 0.786. The van der Waals surface area contributed by atoms with Gasteiger partial charge in [0.1, 0.15) is 0 Å². The molecule has 2 heterocycles. The number of hydrogen-bond donors (Lipinski definition) is 1. The number of rotatable bonds is 5. The standard InChI is InChI=1S/C14H24N2OS/c1-10(2)16-6-4-5-12(16)7-14-15-13(9-18-14)11(3)8-17/h9-12,17H,4-8H2,1-3H3. The fourth-order valence-corrected chi connectivity index (χ4v) is 3.69. The topological polar surface area (TPSA) is 36.4 Å². The third-order valence-corrected chi connectivity index (χ3v) is 4.73. The van der Waals surface area contributed by atoms with Crippen molar-refractivity contribution in [1.29, 1.82) is 0 Å². The van der Waals surface area contributed by atoms with Crippen molar-refractivity contribution in [2.24, 2.45) is 0 Å². The summed E-state index contributed by atoms with van der Waals surface area (Å²) in [5, 5.41) is 12.5. The number of aromatic nitrogens is 1. The molecule has 1 aliphatic rings. The van der Waals surface area contributed by atoms with Crippen LogP contribution in [-0.2, 0) is 6.42 Å². The lowest BCUT2D eigenvalue weighted by Gasteiger charge is -2.27. The summed E-state index contributed by atoms with van der Waals surface area (Å²) in [6, 6.07) is 1.29. The Balaban J connectivity index is 1.98. The number of hydrogen-bond acceptors (Lipinski definition) is 4. The van der Waals surface area contributed by atoms with Crippen LogP contribution in [0.25, 0.3) is 0 Å². The van der Waals surface area contributed by atoms with Crippen LogP contribution in [0.15, 0.2) is 5.38 Å². The van der Waals surface area contributed by atoms with Crippen LogP contribution >= 0.6 is 11.3 Å². The van der Waals surface area contributed by atoms with E-state index >= 15 is 0 Å². The molecule has 1 saturated heterocycles. The first-order valence-electron chi connectivity index (χ1n) is 6.92. The highest BCUT2D eigenvalue weighted by molar-refractivity contribution is 7.09. The number of aliphatic hydroxyl groups excluding tert-OH is 1. The second-order valence-electron chi connectivity index (χ2n) is 5.58. The molecule has 0 spiro atoms. The van der Waals surface area contributed by atoms with Crippen molar-refractivity contribution in [3.63, 3.8) is 0 Å². The average molecular weight is 268 g/mol. The molecule has 0 aliphatic carbocycles. The van der Waals surface area contributed by atoms with Crippen LogP contribution in [0.4, 0.5) is 0 Å². The summed E-state index contributed by atoms with van der Waals surface area (Å²) in [5.74, 6) is 0.166. The molecule has 1 aromatic heterocycles. The van der Waals surface area contributed by atoms with Crippen molar-refractivity contribution in [3.05, 3.63) is 16.1 Å². The first kappa shape index (κ1) is 14.0. The molecule has 2 unspecified atom stereocenters. The van der Waals surface area contributed by atoms with Gasteiger partial charge in [0.25, 0.3) is 0 Å². The van der Waals surface area contributed by atoms with E-state index in [1.165, 1.54) is 24.4 Å². The van der Waals surface area contributed by atoms with E-state index in [1.807, 2.05) is 6.92 Å². The summed E-state index contributed by atoms with van der Waals surface area (Å²) >= 11 is 1.74. The first-order valence-corrected chi connectivity index (χ1v) is 7.80. The maximum Gasteiger partial charge on any atom is 0.0944 e. The molecule has 4 heteroatoms. The molecule has 1 fully saturated rings. The van der Waals surface area contributed by atoms with Gasteiger partial charge in [0, 0.05) is 29.8 Å². The lowest BCUT2D eigenvalue weighted by atomic mass is 10.1. The van der Waals surface area contributed by atoms with Crippen LogP contribution in [0.2, 0.25) is 0 Å². The van der Waals surface area contributed by atoms with Gasteiger partial charge in [-0.05, 0) is 33.2 Å². The highest BCUT2D eigenvalue weighted by Gasteiger charge is 2.27. The fourth-order valence-electron chi connectivity index (χ4n) is 2.70. The van der Waals surface area contributed by atoms with E-state index in [0.717, 1.165) is 12.1 Å². The van der Waals surface area contributed by atoms with E-state index < -0.39 is 0 Å². The minimum absolute atomic E-state index is 0.166. The van der Waals surface area contributed by atoms with E-state index in [2.05, 4.69) is 29.1 Å². The molecule has 1 N–H and O–H groups in total. The Bertz CT molecular complexity index is 378. The van der Waals surface area contributed by atoms with Crippen molar-refractivity contribution >= 4 is 11.3 Å². The van der Waals surface area contributed by atoms with E-state index in [9.17, 15) is 0 Å². The molecule has 0 aromatic carbocycles. The average Bonchev–Trinajstić information content (AvgIpc) is 2.97.